The SMILES string of the molecule is COc1ccc(N(Cc2ccc(C(=O)NNC(=O)C(F)(F)F)cn2)C(=O)N2CCSCC2)cc1. The van der Waals surface area contributed by atoms with E-state index in [2.05, 4.69) is 4.98 Å². The van der Waals surface area contributed by atoms with Gasteiger partial charge in [0.15, 0.2) is 0 Å². The van der Waals surface area contributed by atoms with E-state index in [4.69, 9.17) is 4.74 Å². The molecule has 4 amide bonds. The molecule has 0 bridgehead atoms. The Labute approximate surface area is 197 Å². The minimum absolute atomic E-state index is 0.0680. The van der Waals surface area contributed by atoms with Crippen LogP contribution in [0.5, 0.6) is 5.75 Å². The second-order valence-electron chi connectivity index (χ2n) is 7.11. The number of aromatic nitrogens is 1. The predicted molar refractivity (Wildman–Crippen MR) is 119 cm³/mol. The van der Waals surface area contributed by atoms with E-state index < -0.39 is 18.0 Å². The number of hydrogen-bond donors (Lipinski definition) is 2. The van der Waals surface area contributed by atoms with Gasteiger partial charge >= 0.3 is 18.1 Å². The number of nitrogens with zero attached hydrogens (tertiary/aromatic N) is 3. The standard InChI is InChI=1S/C21H22F3N5O4S/c1-33-17-6-4-16(5-7-17)29(20(32)28-8-10-34-11-9-28)13-15-3-2-14(12-25-15)18(30)26-27-19(31)21(22,23)24/h2-7,12H,8-11,13H2,1H3,(H,26,30)(H,27,31). The average molecular weight is 497 g/mol. The number of amides is 4. The van der Waals surface area contributed by atoms with Crippen molar-refractivity contribution >= 4 is 35.3 Å². The van der Waals surface area contributed by atoms with Crippen molar-refractivity contribution in [3.8, 4) is 5.75 Å². The van der Waals surface area contributed by atoms with Crippen molar-refractivity contribution in [1.29, 1.82) is 0 Å². The number of thioether (sulfide) groups is 1. The summed E-state index contributed by atoms with van der Waals surface area (Å²) < 4.78 is 41.9. The molecule has 1 aromatic carbocycles. The average Bonchev–Trinajstić information content (AvgIpc) is 2.85. The van der Waals surface area contributed by atoms with Crippen LogP contribution in [0.4, 0.5) is 23.7 Å². The van der Waals surface area contributed by atoms with E-state index in [0.29, 0.717) is 30.2 Å². The maximum atomic E-state index is 13.3. The lowest BCUT2D eigenvalue weighted by Crippen LogP contribution is -2.47. The summed E-state index contributed by atoms with van der Waals surface area (Å²) in [4.78, 5) is 43.5. The zero-order valence-electron chi connectivity index (χ0n) is 18.1. The van der Waals surface area contributed by atoms with Gasteiger partial charge < -0.3 is 9.64 Å². The van der Waals surface area contributed by atoms with Crippen LogP contribution in [0, 0.1) is 0 Å². The number of carbonyl (C=O) groups is 3. The van der Waals surface area contributed by atoms with E-state index in [0.717, 1.165) is 17.7 Å². The van der Waals surface area contributed by atoms with Crippen LogP contribution in [0.1, 0.15) is 16.1 Å². The van der Waals surface area contributed by atoms with Gasteiger partial charge in [-0.15, -0.1) is 0 Å². The van der Waals surface area contributed by atoms with Gasteiger partial charge in [-0.05, 0) is 36.4 Å². The van der Waals surface area contributed by atoms with E-state index in [-0.39, 0.29) is 18.1 Å². The number of anilines is 1. The molecule has 9 nitrogen and oxygen atoms in total. The van der Waals surface area contributed by atoms with Gasteiger partial charge in [-0.3, -0.25) is 30.3 Å². The quantitative estimate of drug-likeness (QED) is 0.616. The zero-order valence-corrected chi connectivity index (χ0v) is 18.9. The predicted octanol–water partition coefficient (Wildman–Crippen LogP) is 2.59. The molecule has 0 spiro atoms. The van der Waals surface area contributed by atoms with Crippen LogP contribution in [-0.4, -0.2) is 65.6 Å². The monoisotopic (exact) mass is 497 g/mol. The van der Waals surface area contributed by atoms with Gasteiger partial charge in [0.05, 0.1) is 24.9 Å². The summed E-state index contributed by atoms with van der Waals surface area (Å²) in [5.74, 6) is -0.943. The molecule has 34 heavy (non-hydrogen) atoms. The van der Waals surface area contributed by atoms with E-state index >= 15 is 0 Å². The first-order valence-electron chi connectivity index (χ1n) is 10.1. The van der Waals surface area contributed by atoms with E-state index in [1.54, 1.807) is 58.4 Å². The number of alkyl halides is 3. The molecule has 0 saturated carbocycles. The van der Waals surface area contributed by atoms with E-state index in [1.807, 2.05) is 0 Å². The number of pyridine rings is 1. The second kappa shape index (κ2) is 11.1. The number of rotatable bonds is 5. The summed E-state index contributed by atoms with van der Waals surface area (Å²) in [6.07, 6.45) is -3.97. The molecule has 0 atom stereocenters. The number of hydrazine groups is 1. The summed E-state index contributed by atoms with van der Waals surface area (Å²) in [6.45, 7) is 1.33. The minimum Gasteiger partial charge on any atom is -0.497 e. The fraction of sp³-hybridized carbons (Fsp3) is 0.333. The molecular weight excluding hydrogens is 475 g/mol. The fourth-order valence-electron chi connectivity index (χ4n) is 3.03. The molecule has 0 radical (unpaired) electrons. The van der Waals surface area contributed by atoms with Crippen molar-refractivity contribution in [2.45, 2.75) is 12.7 Å². The number of carbonyl (C=O) groups excluding carboxylic acids is 3. The highest BCUT2D eigenvalue weighted by Crippen LogP contribution is 2.23. The van der Waals surface area contributed by atoms with Crippen LogP contribution in [0.3, 0.4) is 0 Å². The van der Waals surface area contributed by atoms with Gasteiger partial charge in [0.2, 0.25) is 0 Å². The van der Waals surface area contributed by atoms with Crippen LogP contribution >= 0.6 is 11.8 Å². The number of urea groups is 1. The molecule has 1 aliphatic rings. The number of ether oxygens (including phenoxy) is 1. The number of benzene rings is 1. The van der Waals surface area contributed by atoms with Crippen molar-refractivity contribution in [2.24, 2.45) is 0 Å². The Kier molecular flexibility index (Phi) is 8.21. The van der Waals surface area contributed by atoms with Crippen molar-refractivity contribution < 1.29 is 32.3 Å². The number of hydrogen-bond acceptors (Lipinski definition) is 6. The van der Waals surface area contributed by atoms with E-state index in [9.17, 15) is 27.6 Å². The number of nitrogens with one attached hydrogen (secondary N) is 2. The molecule has 2 aromatic rings. The fourth-order valence-corrected chi connectivity index (χ4v) is 3.93. The Morgan fingerprint density at radius 1 is 1.09 bits per heavy atom. The molecule has 1 fully saturated rings. The lowest BCUT2D eigenvalue weighted by atomic mass is 10.2. The van der Waals surface area contributed by atoms with Gasteiger partial charge in [0, 0.05) is 36.5 Å². The summed E-state index contributed by atoms with van der Waals surface area (Å²) in [6, 6.07) is 9.60. The highest BCUT2D eigenvalue weighted by molar-refractivity contribution is 7.99. The van der Waals surface area contributed by atoms with Crippen LogP contribution in [-0.2, 0) is 11.3 Å². The maximum Gasteiger partial charge on any atom is 0.472 e. The largest absolute Gasteiger partial charge is 0.497 e. The van der Waals surface area contributed by atoms with Gasteiger partial charge in [-0.25, -0.2) is 4.79 Å². The number of methoxy groups -OCH3 is 1. The summed E-state index contributed by atoms with van der Waals surface area (Å²) in [5, 5.41) is 0. The molecular formula is C21H22F3N5O4S. The first-order chi connectivity index (χ1) is 16.2. The first kappa shape index (κ1) is 25.1. The topological polar surface area (TPSA) is 104 Å². The number of halogens is 3. The molecule has 2 heterocycles. The smallest absolute Gasteiger partial charge is 0.472 e. The van der Waals surface area contributed by atoms with Crippen molar-refractivity contribution in [3.05, 3.63) is 53.9 Å². The van der Waals surface area contributed by atoms with Crippen molar-refractivity contribution in [2.75, 3.05) is 36.6 Å². The molecule has 1 saturated heterocycles. The third-order valence-corrected chi connectivity index (χ3v) is 5.79. The summed E-state index contributed by atoms with van der Waals surface area (Å²) in [7, 11) is 1.54. The normalized spacial score (nSPS) is 13.7. The minimum atomic E-state index is -5.13. The Balaban J connectivity index is 1.73. The van der Waals surface area contributed by atoms with Crippen LogP contribution in [0.15, 0.2) is 42.6 Å². The van der Waals surface area contributed by atoms with Gasteiger partial charge in [0.25, 0.3) is 5.91 Å². The van der Waals surface area contributed by atoms with Gasteiger partial charge in [-0.1, -0.05) is 0 Å². The van der Waals surface area contributed by atoms with Crippen LogP contribution in [0.2, 0.25) is 0 Å². The molecule has 1 aliphatic heterocycles. The van der Waals surface area contributed by atoms with Gasteiger partial charge in [-0.2, -0.15) is 24.9 Å². The molecule has 0 aliphatic carbocycles. The van der Waals surface area contributed by atoms with Gasteiger partial charge in [0.1, 0.15) is 5.75 Å². The lowest BCUT2D eigenvalue weighted by Gasteiger charge is -2.32. The highest BCUT2D eigenvalue weighted by Gasteiger charge is 2.39. The van der Waals surface area contributed by atoms with Crippen LogP contribution in [0.25, 0.3) is 0 Å². The first-order valence-corrected chi connectivity index (χ1v) is 11.2. The zero-order chi connectivity index (χ0) is 24.7. The van der Waals surface area contributed by atoms with Crippen molar-refractivity contribution in [3.63, 3.8) is 0 Å². The summed E-state index contributed by atoms with van der Waals surface area (Å²) in [5.41, 5.74) is 3.98. The molecule has 2 N–H and O–H groups in total. The third-order valence-electron chi connectivity index (χ3n) is 4.85. The Hall–Kier alpha value is -3.48. The third kappa shape index (κ3) is 6.53. The molecule has 182 valence electrons. The lowest BCUT2D eigenvalue weighted by molar-refractivity contribution is -0.174. The Morgan fingerprint density at radius 3 is 2.32 bits per heavy atom. The highest BCUT2D eigenvalue weighted by atomic mass is 32.2. The molecule has 1 aromatic heterocycles. The maximum absolute atomic E-state index is 13.3. The molecule has 3 rings (SSSR count). The van der Waals surface area contributed by atoms with E-state index in [1.165, 1.54) is 17.6 Å². The Bertz CT molecular complexity index is 1010. The molecule has 13 heteroatoms. The van der Waals surface area contributed by atoms with Crippen LogP contribution < -0.4 is 20.5 Å². The van der Waals surface area contributed by atoms with Crippen molar-refractivity contribution in [1.82, 2.24) is 20.7 Å². The second-order valence-corrected chi connectivity index (χ2v) is 8.34. The Morgan fingerprint density at radius 2 is 1.76 bits per heavy atom. The summed E-state index contributed by atoms with van der Waals surface area (Å²) >= 11 is 1.78. The molecule has 0 unspecified atom stereocenters.